The number of urea groups is 1. The first kappa shape index (κ1) is 15.5. The van der Waals surface area contributed by atoms with Crippen molar-refractivity contribution < 1.29 is 14.4 Å². The highest BCUT2D eigenvalue weighted by molar-refractivity contribution is 6.23. The van der Waals surface area contributed by atoms with Crippen molar-refractivity contribution in [3.63, 3.8) is 0 Å². The van der Waals surface area contributed by atoms with E-state index >= 15 is 0 Å². The van der Waals surface area contributed by atoms with Crippen LogP contribution in [0.1, 0.15) is 40.2 Å². The number of hydrogen-bond donors (Lipinski definition) is 1. The van der Waals surface area contributed by atoms with E-state index in [2.05, 4.69) is 19.2 Å². The summed E-state index contributed by atoms with van der Waals surface area (Å²) in [5.74, 6) is -0.347. The number of carbonyl (C=O) groups excluding carboxylic acids is 3. The van der Waals surface area contributed by atoms with Crippen molar-refractivity contribution in [2.75, 3.05) is 16.3 Å². The van der Waals surface area contributed by atoms with Crippen LogP contribution in [0.2, 0.25) is 0 Å². The minimum Gasteiger partial charge on any atom is -0.323 e. The molecule has 2 heterocycles. The average Bonchev–Trinajstić information content (AvgIpc) is 2.81. The van der Waals surface area contributed by atoms with Crippen LogP contribution in [0.25, 0.3) is 0 Å². The van der Waals surface area contributed by atoms with E-state index in [4.69, 9.17) is 0 Å². The van der Waals surface area contributed by atoms with Crippen LogP contribution in [-0.4, -0.2) is 29.9 Å². The van der Waals surface area contributed by atoms with Crippen LogP contribution in [0, 0.1) is 0 Å². The number of nitrogens with zero attached hydrogens (tertiary/aromatic N) is 2. The van der Waals surface area contributed by atoms with Gasteiger partial charge in [-0.1, -0.05) is 19.9 Å². The van der Waals surface area contributed by atoms with Crippen LogP contribution in [0.4, 0.5) is 16.2 Å². The van der Waals surface area contributed by atoms with E-state index in [9.17, 15) is 14.4 Å². The van der Waals surface area contributed by atoms with Gasteiger partial charge in [0.05, 0.1) is 5.69 Å². The van der Waals surface area contributed by atoms with E-state index in [0.29, 0.717) is 12.2 Å². The number of hydrogen-bond acceptors (Lipinski definition) is 3. The molecule has 4 amide bonds. The van der Waals surface area contributed by atoms with Gasteiger partial charge in [0.1, 0.15) is 5.54 Å². The Morgan fingerprint density at radius 3 is 2.35 bits per heavy atom. The van der Waals surface area contributed by atoms with Crippen LogP contribution < -0.4 is 15.1 Å². The molecule has 0 bridgehead atoms. The molecule has 6 nitrogen and oxygen atoms in total. The van der Waals surface area contributed by atoms with E-state index in [1.165, 1.54) is 6.92 Å². The summed E-state index contributed by atoms with van der Waals surface area (Å²) in [6.07, 6.45) is 0. The van der Waals surface area contributed by atoms with Crippen molar-refractivity contribution in [3.05, 3.63) is 23.8 Å². The van der Waals surface area contributed by atoms with E-state index in [1.54, 1.807) is 30.9 Å². The van der Waals surface area contributed by atoms with Gasteiger partial charge in [-0.25, -0.2) is 9.69 Å². The minimum atomic E-state index is -0.921. The van der Waals surface area contributed by atoms with Gasteiger partial charge >= 0.3 is 6.03 Å². The van der Waals surface area contributed by atoms with Gasteiger partial charge < -0.3 is 10.2 Å². The Hall–Kier alpha value is -2.37. The number of benzene rings is 1. The van der Waals surface area contributed by atoms with Crippen LogP contribution in [0.3, 0.4) is 0 Å². The SMILES string of the molecule is CC(=O)N1CC(C)(C)c2ccc(N3C(=O)NC(C)(C)C3=O)cc21. The Morgan fingerprint density at radius 1 is 1.17 bits per heavy atom. The maximum absolute atomic E-state index is 12.4. The molecule has 1 fully saturated rings. The molecule has 1 N–H and O–H groups in total. The quantitative estimate of drug-likeness (QED) is 0.807. The summed E-state index contributed by atoms with van der Waals surface area (Å²) < 4.78 is 0. The Kier molecular flexibility index (Phi) is 3.08. The van der Waals surface area contributed by atoms with Crippen molar-refractivity contribution in [2.24, 2.45) is 0 Å². The molecule has 0 spiro atoms. The predicted octanol–water partition coefficient (Wildman–Crippen LogP) is 2.17. The van der Waals surface area contributed by atoms with Gasteiger partial charge in [-0.05, 0) is 31.5 Å². The maximum atomic E-state index is 12.4. The highest BCUT2D eigenvalue weighted by atomic mass is 16.2. The molecule has 1 saturated heterocycles. The lowest BCUT2D eigenvalue weighted by Crippen LogP contribution is -2.40. The van der Waals surface area contributed by atoms with Crippen LogP contribution in [0.15, 0.2) is 18.2 Å². The zero-order valence-corrected chi connectivity index (χ0v) is 14.1. The number of nitrogens with one attached hydrogen (secondary N) is 1. The molecule has 0 aromatic heterocycles. The van der Waals surface area contributed by atoms with Crippen molar-refractivity contribution in [1.29, 1.82) is 0 Å². The Labute approximate surface area is 135 Å². The summed E-state index contributed by atoms with van der Waals surface area (Å²) in [6.45, 7) is 9.61. The molecule has 0 saturated carbocycles. The molecule has 3 rings (SSSR count). The zero-order chi connectivity index (χ0) is 17.2. The number of imide groups is 1. The Bertz CT molecular complexity index is 737. The summed E-state index contributed by atoms with van der Waals surface area (Å²) in [7, 11) is 0. The molecule has 6 heteroatoms. The van der Waals surface area contributed by atoms with Gasteiger partial charge in [-0.3, -0.25) is 9.59 Å². The summed E-state index contributed by atoms with van der Waals surface area (Å²) in [4.78, 5) is 39.4. The topological polar surface area (TPSA) is 69.7 Å². The summed E-state index contributed by atoms with van der Waals surface area (Å²) in [5, 5.41) is 2.67. The number of amides is 4. The molecular formula is C17H21N3O3. The lowest BCUT2D eigenvalue weighted by molar-refractivity contribution is -0.121. The average molecular weight is 315 g/mol. The summed E-state index contributed by atoms with van der Waals surface area (Å²) >= 11 is 0. The first-order chi connectivity index (χ1) is 10.5. The fraction of sp³-hybridized carbons (Fsp3) is 0.471. The molecule has 2 aliphatic rings. The second-order valence-electron chi connectivity index (χ2n) is 7.39. The van der Waals surface area contributed by atoms with E-state index in [1.807, 2.05) is 6.07 Å². The fourth-order valence-electron chi connectivity index (χ4n) is 3.28. The third kappa shape index (κ3) is 2.20. The zero-order valence-electron chi connectivity index (χ0n) is 14.1. The van der Waals surface area contributed by atoms with Crippen LogP contribution in [-0.2, 0) is 15.0 Å². The molecule has 2 aliphatic heterocycles. The largest absolute Gasteiger partial charge is 0.329 e. The lowest BCUT2D eigenvalue weighted by Gasteiger charge is -2.19. The van der Waals surface area contributed by atoms with Crippen molar-refractivity contribution in [3.8, 4) is 0 Å². The molecule has 1 aromatic rings. The molecule has 0 aliphatic carbocycles. The molecule has 122 valence electrons. The van der Waals surface area contributed by atoms with E-state index in [-0.39, 0.29) is 17.2 Å². The maximum Gasteiger partial charge on any atom is 0.329 e. The highest BCUT2D eigenvalue weighted by Gasteiger charge is 2.46. The third-order valence-corrected chi connectivity index (χ3v) is 4.55. The molecular weight excluding hydrogens is 294 g/mol. The number of carbonyl (C=O) groups is 3. The monoisotopic (exact) mass is 315 g/mol. The molecule has 1 aromatic carbocycles. The Balaban J connectivity index is 2.09. The molecule has 0 radical (unpaired) electrons. The standard InChI is InChI=1S/C17H21N3O3/c1-10(21)19-9-16(2,3)12-7-6-11(8-13(12)19)20-14(22)17(4,5)18-15(20)23/h6-8H,9H2,1-5H3,(H,18,23). The van der Waals surface area contributed by atoms with Gasteiger partial charge in [0.2, 0.25) is 5.91 Å². The fourth-order valence-corrected chi connectivity index (χ4v) is 3.28. The van der Waals surface area contributed by atoms with Gasteiger partial charge in [0.15, 0.2) is 0 Å². The normalized spacial score (nSPS) is 21.4. The number of anilines is 2. The number of fused-ring (bicyclic) bond motifs is 1. The van der Waals surface area contributed by atoms with E-state index < -0.39 is 11.6 Å². The second kappa shape index (κ2) is 4.57. The number of rotatable bonds is 1. The third-order valence-electron chi connectivity index (χ3n) is 4.55. The highest BCUT2D eigenvalue weighted by Crippen LogP contribution is 2.42. The lowest BCUT2D eigenvalue weighted by atomic mass is 9.87. The molecule has 0 atom stereocenters. The van der Waals surface area contributed by atoms with Gasteiger partial charge in [-0.2, -0.15) is 0 Å². The van der Waals surface area contributed by atoms with Gasteiger partial charge in [0, 0.05) is 24.6 Å². The van der Waals surface area contributed by atoms with E-state index in [0.717, 1.165) is 16.2 Å². The molecule has 0 unspecified atom stereocenters. The summed E-state index contributed by atoms with van der Waals surface area (Å²) in [6, 6.07) is 4.99. The van der Waals surface area contributed by atoms with Gasteiger partial charge in [0.25, 0.3) is 5.91 Å². The van der Waals surface area contributed by atoms with Gasteiger partial charge in [-0.15, -0.1) is 0 Å². The first-order valence-corrected chi connectivity index (χ1v) is 7.64. The van der Waals surface area contributed by atoms with Crippen molar-refractivity contribution in [2.45, 2.75) is 45.6 Å². The van der Waals surface area contributed by atoms with Crippen LogP contribution >= 0.6 is 0 Å². The predicted molar refractivity (Wildman–Crippen MR) is 87.6 cm³/mol. The molecule has 23 heavy (non-hydrogen) atoms. The van der Waals surface area contributed by atoms with Crippen LogP contribution in [0.5, 0.6) is 0 Å². The van der Waals surface area contributed by atoms with Crippen molar-refractivity contribution in [1.82, 2.24) is 5.32 Å². The smallest absolute Gasteiger partial charge is 0.323 e. The first-order valence-electron chi connectivity index (χ1n) is 7.64. The van der Waals surface area contributed by atoms with Crippen molar-refractivity contribution >= 4 is 29.2 Å². The summed E-state index contributed by atoms with van der Waals surface area (Å²) in [5.41, 5.74) is 1.22. The Morgan fingerprint density at radius 2 is 1.83 bits per heavy atom. The second-order valence-corrected chi connectivity index (χ2v) is 7.39. The minimum absolute atomic E-state index is 0.0495.